The van der Waals surface area contributed by atoms with E-state index in [4.69, 9.17) is 11.6 Å². The van der Waals surface area contributed by atoms with Crippen molar-refractivity contribution in [2.24, 2.45) is 5.10 Å². The third-order valence-electron chi connectivity index (χ3n) is 4.94. The molecule has 0 aliphatic rings. The summed E-state index contributed by atoms with van der Waals surface area (Å²) in [6.45, 7) is 10.2. The first kappa shape index (κ1) is 23.6. The van der Waals surface area contributed by atoms with E-state index in [9.17, 15) is 4.79 Å². The van der Waals surface area contributed by atoms with Gasteiger partial charge in [0.2, 0.25) is 0 Å². The second-order valence-electron chi connectivity index (χ2n) is 7.53. The van der Waals surface area contributed by atoms with Gasteiger partial charge in [0, 0.05) is 37.0 Å². The number of thioether (sulfide) groups is 1. The Balaban J connectivity index is 1.75. The molecule has 2 aromatic carbocycles. The zero-order valence-corrected chi connectivity index (χ0v) is 21.3. The van der Waals surface area contributed by atoms with E-state index >= 15 is 0 Å². The van der Waals surface area contributed by atoms with Crippen LogP contribution >= 0.6 is 39.3 Å². The van der Waals surface area contributed by atoms with Gasteiger partial charge in [-0.2, -0.15) is 5.10 Å². The van der Waals surface area contributed by atoms with Crippen LogP contribution in [0.1, 0.15) is 35.0 Å². The molecule has 1 heterocycles. The highest BCUT2D eigenvalue weighted by atomic mass is 79.9. The first-order valence-electron chi connectivity index (χ1n) is 9.88. The number of halogens is 2. The number of amides is 1. The molecule has 3 aromatic rings. The predicted molar refractivity (Wildman–Crippen MR) is 135 cm³/mol. The van der Waals surface area contributed by atoms with E-state index in [2.05, 4.69) is 76.9 Å². The van der Waals surface area contributed by atoms with Crippen LogP contribution in [-0.2, 0) is 4.79 Å². The summed E-state index contributed by atoms with van der Waals surface area (Å²) in [6, 6.07) is 13.9. The summed E-state index contributed by atoms with van der Waals surface area (Å²) >= 11 is 11.1. The van der Waals surface area contributed by atoms with Crippen molar-refractivity contribution in [2.45, 2.75) is 44.8 Å². The fourth-order valence-electron chi connectivity index (χ4n) is 3.46. The van der Waals surface area contributed by atoms with Crippen molar-refractivity contribution >= 4 is 51.4 Å². The van der Waals surface area contributed by atoms with Crippen LogP contribution in [0.3, 0.4) is 0 Å². The molecule has 3 rings (SSSR count). The molecule has 0 saturated heterocycles. The SMILES string of the molecule is Cc1cc(C)cc(-n2c(C)c(Br)c(/C=N\NC(=O)[C@@H](C)Sc3ccc(Cl)cc3)c2C)c1. The van der Waals surface area contributed by atoms with Crippen LogP contribution in [0, 0.1) is 27.7 Å². The molecule has 31 heavy (non-hydrogen) atoms. The van der Waals surface area contributed by atoms with Gasteiger partial charge in [0.1, 0.15) is 0 Å². The van der Waals surface area contributed by atoms with Gasteiger partial charge in [-0.15, -0.1) is 11.8 Å². The average Bonchev–Trinajstić information content (AvgIpc) is 2.92. The minimum absolute atomic E-state index is 0.157. The molecule has 0 spiro atoms. The number of hydrazone groups is 1. The molecule has 0 saturated carbocycles. The lowest BCUT2D eigenvalue weighted by Crippen LogP contribution is -2.26. The highest BCUT2D eigenvalue weighted by Crippen LogP contribution is 2.30. The van der Waals surface area contributed by atoms with E-state index in [0.29, 0.717) is 5.02 Å². The normalized spacial score (nSPS) is 12.4. The van der Waals surface area contributed by atoms with Crippen molar-refractivity contribution < 1.29 is 4.79 Å². The maximum atomic E-state index is 12.5. The molecular weight excluding hydrogens is 494 g/mol. The van der Waals surface area contributed by atoms with Crippen molar-refractivity contribution in [3.8, 4) is 5.69 Å². The number of benzene rings is 2. The summed E-state index contributed by atoms with van der Waals surface area (Å²) < 4.78 is 3.16. The molecule has 1 N–H and O–H groups in total. The zero-order valence-electron chi connectivity index (χ0n) is 18.2. The minimum atomic E-state index is -0.288. The maximum Gasteiger partial charge on any atom is 0.253 e. The van der Waals surface area contributed by atoms with E-state index < -0.39 is 0 Å². The molecule has 162 valence electrons. The third kappa shape index (κ3) is 5.62. The fraction of sp³-hybridized carbons (Fsp3) is 0.250. The number of nitrogens with zero attached hydrogens (tertiary/aromatic N) is 2. The summed E-state index contributed by atoms with van der Waals surface area (Å²) in [5.74, 6) is -0.157. The van der Waals surface area contributed by atoms with Crippen molar-refractivity contribution in [1.82, 2.24) is 9.99 Å². The van der Waals surface area contributed by atoms with Gasteiger partial charge in [0.15, 0.2) is 0 Å². The van der Waals surface area contributed by atoms with Crippen LogP contribution in [0.4, 0.5) is 0 Å². The summed E-state index contributed by atoms with van der Waals surface area (Å²) in [7, 11) is 0. The van der Waals surface area contributed by atoms with Crippen LogP contribution in [0.15, 0.2) is 56.9 Å². The molecule has 1 amide bonds. The van der Waals surface area contributed by atoms with E-state index in [1.807, 2.05) is 31.2 Å². The Kier molecular flexibility index (Phi) is 7.68. The van der Waals surface area contributed by atoms with Gasteiger partial charge >= 0.3 is 0 Å². The van der Waals surface area contributed by atoms with E-state index in [1.54, 1.807) is 6.21 Å². The van der Waals surface area contributed by atoms with Crippen molar-refractivity contribution in [3.05, 3.63) is 80.0 Å². The summed E-state index contributed by atoms with van der Waals surface area (Å²) in [5, 5.41) is 4.61. The lowest BCUT2D eigenvalue weighted by Gasteiger charge is -2.11. The number of nitrogens with one attached hydrogen (secondary N) is 1. The van der Waals surface area contributed by atoms with Gasteiger partial charge in [-0.3, -0.25) is 4.79 Å². The lowest BCUT2D eigenvalue weighted by molar-refractivity contribution is -0.120. The van der Waals surface area contributed by atoms with Crippen LogP contribution < -0.4 is 5.43 Å². The molecular formula is C24H25BrClN3OS. The van der Waals surface area contributed by atoms with Crippen LogP contribution in [0.5, 0.6) is 0 Å². The summed E-state index contributed by atoms with van der Waals surface area (Å²) in [4.78, 5) is 13.4. The van der Waals surface area contributed by atoms with Gasteiger partial charge in [-0.1, -0.05) is 17.7 Å². The molecule has 0 aliphatic carbocycles. The Morgan fingerprint density at radius 2 is 1.71 bits per heavy atom. The Bertz CT molecular complexity index is 1120. The van der Waals surface area contributed by atoms with Gasteiger partial charge in [-0.25, -0.2) is 5.43 Å². The highest BCUT2D eigenvalue weighted by Gasteiger charge is 2.17. The third-order valence-corrected chi connectivity index (χ3v) is 7.31. The van der Waals surface area contributed by atoms with Gasteiger partial charge < -0.3 is 4.57 Å². The number of hydrogen-bond acceptors (Lipinski definition) is 3. The van der Waals surface area contributed by atoms with Crippen molar-refractivity contribution in [3.63, 3.8) is 0 Å². The van der Waals surface area contributed by atoms with E-state index in [0.717, 1.165) is 32.0 Å². The standard InChI is InChI=1S/C24H25BrClN3OS/c1-14-10-15(2)12-20(11-14)29-16(3)22(23(25)17(29)4)13-27-28-24(30)18(5)31-21-8-6-19(26)7-9-21/h6-13,18H,1-5H3,(H,28,30)/b27-13-/t18-/m1/s1. The number of rotatable bonds is 6. The van der Waals surface area contributed by atoms with Gasteiger partial charge in [0.25, 0.3) is 5.91 Å². The molecule has 0 radical (unpaired) electrons. The Labute approximate surface area is 201 Å². The summed E-state index contributed by atoms with van der Waals surface area (Å²) in [6.07, 6.45) is 1.70. The Morgan fingerprint density at radius 3 is 2.32 bits per heavy atom. The molecule has 4 nitrogen and oxygen atoms in total. The topological polar surface area (TPSA) is 46.4 Å². The fourth-order valence-corrected chi connectivity index (χ4v) is 5.02. The molecule has 0 unspecified atom stereocenters. The molecule has 7 heteroatoms. The molecule has 1 atom stereocenters. The number of aromatic nitrogens is 1. The number of carbonyl (C=O) groups excluding carboxylic acids is 1. The Hall–Kier alpha value is -2.02. The van der Waals surface area contributed by atoms with Crippen molar-refractivity contribution in [2.75, 3.05) is 0 Å². The number of aryl methyl sites for hydroxylation is 2. The predicted octanol–water partition coefficient (Wildman–Crippen LogP) is 6.76. The van der Waals surface area contributed by atoms with Gasteiger partial charge in [-0.05, 0) is 98.1 Å². The molecule has 0 aliphatic heterocycles. The number of carbonyl (C=O) groups is 1. The summed E-state index contributed by atoms with van der Waals surface area (Å²) in [5.41, 5.74) is 9.28. The minimum Gasteiger partial charge on any atom is -0.317 e. The first-order valence-corrected chi connectivity index (χ1v) is 11.9. The van der Waals surface area contributed by atoms with Crippen LogP contribution in [-0.4, -0.2) is 21.9 Å². The lowest BCUT2D eigenvalue weighted by atomic mass is 10.1. The van der Waals surface area contributed by atoms with Crippen molar-refractivity contribution in [1.29, 1.82) is 0 Å². The van der Waals surface area contributed by atoms with E-state index in [-0.39, 0.29) is 11.2 Å². The average molecular weight is 519 g/mol. The Morgan fingerprint density at radius 1 is 1.10 bits per heavy atom. The highest BCUT2D eigenvalue weighted by molar-refractivity contribution is 9.10. The van der Waals surface area contributed by atoms with Crippen LogP contribution in [0.2, 0.25) is 5.02 Å². The van der Waals surface area contributed by atoms with Gasteiger partial charge in [0.05, 0.1) is 11.5 Å². The second-order valence-corrected chi connectivity index (χ2v) is 10.2. The van der Waals surface area contributed by atoms with E-state index in [1.165, 1.54) is 22.9 Å². The number of hydrogen-bond donors (Lipinski definition) is 1. The monoisotopic (exact) mass is 517 g/mol. The molecule has 0 fully saturated rings. The largest absolute Gasteiger partial charge is 0.317 e. The first-order chi connectivity index (χ1) is 14.7. The smallest absolute Gasteiger partial charge is 0.253 e. The molecule has 1 aromatic heterocycles. The zero-order chi connectivity index (χ0) is 22.7. The second kappa shape index (κ2) is 10.1. The molecule has 0 bridgehead atoms. The maximum absolute atomic E-state index is 12.5. The quantitative estimate of drug-likeness (QED) is 0.223. The van der Waals surface area contributed by atoms with Crippen LogP contribution in [0.25, 0.3) is 5.69 Å².